The van der Waals surface area contributed by atoms with E-state index in [1.165, 1.54) is 18.2 Å². The van der Waals surface area contributed by atoms with Crippen molar-refractivity contribution >= 4 is 56.4 Å². The fourth-order valence-electron chi connectivity index (χ4n) is 3.21. The van der Waals surface area contributed by atoms with E-state index >= 15 is 0 Å². The van der Waals surface area contributed by atoms with Crippen molar-refractivity contribution in [1.29, 1.82) is 0 Å². The standard InChI is InChI=1S/C20H21Cl3N2O4S/c21-15-7-4-8-16(22)20(15)24-19(26)12-29-18-10-9-14(11-17(18)23)30(27,28)25-13-5-2-1-3-6-13/h4,7-11,13,25H,1-3,5-6,12H2,(H,24,26). The minimum atomic E-state index is -3.68. The molecule has 1 aliphatic carbocycles. The van der Waals surface area contributed by atoms with Gasteiger partial charge in [-0.3, -0.25) is 4.79 Å². The molecule has 0 aromatic heterocycles. The average Bonchev–Trinajstić information content (AvgIpc) is 2.70. The number of nitrogens with one attached hydrogen (secondary N) is 2. The number of rotatable bonds is 7. The van der Waals surface area contributed by atoms with Crippen molar-refractivity contribution in [3.63, 3.8) is 0 Å². The summed E-state index contributed by atoms with van der Waals surface area (Å²) in [5, 5.41) is 3.26. The van der Waals surface area contributed by atoms with Gasteiger partial charge in [0.1, 0.15) is 5.75 Å². The van der Waals surface area contributed by atoms with Crippen LogP contribution in [0.25, 0.3) is 0 Å². The summed E-state index contributed by atoms with van der Waals surface area (Å²) in [4.78, 5) is 12.2. The van der Waals surface area contributed by atoms with Gasteiger partial charge in [-0.05, 0) is 43.2 Å². The molecule has 3 rings (SSSR count). The third kappa shape index (κ3) is 6.02. The van der Waals surface area contributed by atoms with Gasteiger partial charge in [0.2, 0.25) is 10.0 Å². The Morgan fingerprint density at radius 2 is 1.67 bits per heavy atom. The average molecular weight is 492 g/mol. The zero-order valence-corrected chi connectivity index (χ0v) is 19.0. The number of anilines is 1. The summed E-state index contributed by atoms with van der Waals surface area (Å²) in [6, 6.07) is 8.93. The van der Waals surface area contributed by atoms with Gasteiger partial charge in [0.05, 0.1) is 25.7 Å². The van der Waals surface area contributed by atoms with Gasteiger partial charge in [0.15, 0.2) is 6.61 Å². The predicted octanol–water partition coefficient (Wildman–Crippen LogP) is 5.28. The van der Waals surface area contributed by atoms with E-state index < -0.39 is 15.9 Å². The fourth-order valence-corrected chi connectivity index (χ4v) is 5.33. The lowest BCUT2D eigenvalue weighted by molar-refractivity contribution is -0.118. The van der Waals surface area contributed by atoms with Crippen LogP contribution < -0.4 is 14.8 Å². The van der Waals surface area contributed by atoms with Crippen molar-refractivity contribution in [2.75, 3.05) is 11.9 Å². The zero-order chi connectivity index (χ0) is 21.7. The Balaban J connectivity index is 1.61. The van der Waals surface area contributed by atoms with Crippen molar-refractivity contribution < 1.29 is 17.9 Å². The molecule has 2 N–H and O–H groups in total. The highest BCUT2D eigenvalue weighted by molar-refractivity contribution is 7.89. The van der Waals surface area contributed by atoms with Crippen LogP contribution in [0.3, 0.4) is 0 Å². The van der Waals surface area contributed by atoms with Crippen LogP contribution >= 0.6 is 34.8 Å². The molecule has 2 aromatic rings. The number of hydrogen-bond acceptors (Lipinski definition) is 4. The molecule has 0 saturated heterocycles. The topological polar surface area (TPSA) is 84.5 Å². The smallest absolute Gasteiger partial charge is 0.262 e. The molecule has 162 valence electrons. The molecule has 0 aliphatic heterocycles. The first kappa shape index (κ1) is 23.2. The number of halogens is 3. The van der Waals surface area contributed by atoms with Crippen molar-refractivity contribution in [2.24, 2.45) is 0 Å². The van der Waals surface area contributed by atoms with Crippen LogP contribution in [0.1, 0.15) is 32.1 Å². The SMILES string of the molecule is O=C(COc1ccc(S(=O)(=O)NC2CCCCC2)cc1Cl)Nc1c(Cl)cccc1Cl. The van der Waals surface area contributed by atoms with E-state index in [2.05, 4.69) is 10.0 Å². The predicted molar refractivity (Wildman–Crippen MR) is 119 cm³/mol. The summed E-state index contributed by atoms with van der Waals surface area (Å²) in [6.07, 6.45) is 4.83. The van der Waals surface area contributed by atoms with Gasteiger partial charge in [-0.1, -0.05) is 60.1 Å². The number of hydrogen-bond donors (Lipinski definition) is 2. The highest BCUT2D eigenvalue weighted by Crippen LogP contribution is 2.30. The molecule has 1 amide bonds. The third-order valence-corrected chi connectivity index (χ3v) is 7.17. The van der Waals surface area contributed by atoms with Gasteiger partial charge in [-0.2, -0.15) is 0 Å². The number of ether oxygens (including phenoxy) is 1. The van der Waals surface area contributed by atoms with E-state index in [4.69, 9.17) is 39.5 Å². The summed E-state index contributed by atoms with van der Waals surface area (Å²) in [7, 11) is -3.68. The Morgan fingerprint density at radius 1 is 1.00 bits per heavy atom. The van der Waals surface area contributed by atoms with Gasteiger partial charge in [-0.15, -0.1) is 0 Å². The maximum absolute atomic E-state index is 12.6. The molecular formula is C20H21Cl3N2O4S. The van der Waals surface area contributed by atoms with Crippen LogP contribution in [-0.4, -0.2) is 27.0 Å². The molecular weight excluding hydrogens is 471 g/mol. The number of carbonyl (C=O) groups is 1. The first-order valence-electron chi connectivity index (χ1n) is 9.45. The molecule has 0 spiro atoms. The summed E-state index contributed by atoms with van der Waals surface area (Å²) in [5.74, 6) is -0.301. The molecule has 2 aromatic carbocycles. The monoisotopic (exact) mass is 490 g/mol. The largest absolute Gasteiger partial charge is 0.482 e. The van der Waals surface area contributed by atoms with E-state index in [1.807, 2.05) is 0 Å². The Labute approximate surface area is 190 Å². The molecule has 1 saturated carbocycles. The number of para-hydroxylation sites is 1. The number of sulfonamides is 1. The molecule has 0 atom stereocenters. The molecule has 0 bridgehead atoms. The molecule has 1 fully saturated rings. The van der Waals surface area contributed by atoms with E-state index in [1.54, 1.807) is 18.2 Å². The maximum Gasteiger partial charge on any atom is 0.262 e. The molecule has 0 unspecified atom stereocenters. The summed E-state index contributed by atoms with van der Waals surface area (Å²) < 4.78 is 33.3. The van der Waals surface area contributed by atoms with Crippen LogP contribution in [0.2, 0.25) is 15.1 Å². The number of benzene rings is 2. The Bertz CT molecular complexity index is 1000. The first-order valence-corrected chi connectivity index (χ1v) is 12.1. The summed E-state index contributed by atoms with van der Waals surface area (Å²) in [6.45, 7) is -0.353. The van der Waals surface area contributed by atoms with Crippen molar-refractivity contribution in [1.82, 2.24) is 4.72 Å². The molecule has 10 heteroatoms. The lowest BCUT2D eigenvalue weighted by atomic mass is 9.96. The van der Waals surface area contributed by atoms with Crippen LogP contribution in [0.5, 0.6) is 5.75 Å². The van der Waals surface area contributed by atoms with Crippen molar-refractivity contribution in [3.05, 3.63) is 51.5 Å². The lowest BCUT2D eigenvalue weighted by Crippen LogP contribution is -2.36. The molecule has 30 heavy (non-hydrogen) atoms. The molecule has 0 radical (unpaired) electrons. The minimum Gasteiger partial charge on any atom is -0.482 e. The van der Waals surface area contributed by atoms with E-state index in [9.17, 15) is 13.2 Å². The second kappa shape index (κ2) is 10.2. The number of amides is 1. The van der Waals surface area contributed by atoms with E-state index in [-0.39, 0.29) is 34.0 Å². The van der Waals surface area contributed by atoms with Gasteiger partial charge < -0.3 is 10.1 Å². The van der Waals surface area contributed by atoms with Gasteiger partial charge in [0.25, 0.3) is 5.91 Å². The Morgan fingerprint density at radius 3 is 2.30 bits per heavy atom. The van der Waals surface area contributed by atoms with Gasteiger partial charge in [0, 0.05) is 6.04 Å². The Kier molecular flexibility index (Phi) is 7.87. The van der Waals surface area contributed by atoms with E-state index in [0.717, 1.165) is 32.1 Å². The second-order valence-electron chi connectivity index (χ2n) is 6.98. The van der Waals surface area contributed by atoms with E-state index in [0.29, 0.717) is 10.0 Å². The van der Waals surface area contributed by atoms with Crippen molar-refractivity contribution in [3.8, 4) is 5.75 Å². The second-order valence-corrected chi connectivity index (χ2v) is 9.92. The Hall–Kier alpha value is -1.51. The highest BCUT2D eigenvalue weighted by Gasteiger charge is 2.23. The summed E-state index contributed by atoms with van der Waals surface area (Å²) >= 11 is 18.2. The molecule has 1 aliphatic rings. The minimum absolute atomic E-state index is 0.0534. The normalized spacial score (nSPS) is 15.0. The van der Waals surface area contributed by atoms with Crippen LogP contribution in [0.4, 0.5) is 5.69 Å². The van der Waals surface area contributed by atoms with Crippen LogP contribution in [-0.2, 0) is 14.8 Å². The third-order valence-electron chi connectivity index (χ3n) is 4.73. The summed E-state index contributed by atoms with van der Waals surface area (Å²) in [5.41, 5.74) is 0.288. The van der Waals surface area contributed by atoms with Crippen LogP contribution in [0.15, 0.2) is 41.3 Å². The first-order chi connectivity index (χ1) is 14.3. The molecule has 0 heterocycles. The maximum atomic E-state index is 12.6. The van der Waals surface area contributed by atoms with Gasteiger partial charge in [-0.25, -0.2) is 13.1 Å². The highest BCUT2D eigenvalue weighted by atomic mass is 35.5. The lowest BCUT2D eigenvalue weighted by Gasteiger charge is -2.22. The van der Waals surface area contributed by atoms with Crippen LogP contribution in [0, 0.1) is 0 Å². The molecule has 6 nitrogen and oxygen atoms in total. The van der Waals surface area contributed by atoms with Gasteiger partial charge >= 0.3 is 0 Å². The number of carbonyl (C=O) groups excluding carboxylic acids is 1. The zero-order valence-electron chi connectivity index (χ0n) is 16.0. The quantitative estimate of drug-likeness (QED) is 0.552. The fraction of sp³-hybridized carbons (Fsp3) is 0.350. The van der Waals surface area contributed by atoms with Crippen molar-refractivity contribution in [2.45, 2.75) is 43.0 Å².